The lowest BCUT2D eigenvalue weighted by Gasteiger charge is -2.34. The van der Waals surface area contributed by atoms with E-state index in [0.717, 1.165) is 0 Å². The van der Waals surface area contributed by atoms with Crippen LogP contribution in [0.4, 0.5) is 0 Å². The molecule has 0 unspecified atom stereocenters. The van der Waals surface area contributed by atoms with Gasteiger partial charge in [-0.15, -0.1) is 0 Å². The minimum absolute atomic E-state index is 0.187. The van der Waals surface area contributed by atoms with E-state index >= 15 is 0 Å². The van der Waals surface area contributed by atoms with Crippen LogP contribution >= 0.6 is 0 Å². The van der Waals surface area contributed by atoms with E-state index in [1.165, 1.54) is 93.3 Å². The Labute approximate surface area is 237 Å². The lowest BCUT2D eigenvalue weighted by Crippen LogP contribution is -2.52. The third kappa shape index (κ3) is 2.48. The van der Waals surface area contributed by atoms with Crippen LogP contribution in [0.1, 0.15) is 18.1 Å². The Morgan fingerprint density at radius 2 is 1.24 bits per heavy atom. The van der Waals surface area contributed by atoms with Crippen molar-refractivity contribution in [3.8, 4) is 5.69 Å². The van der Waals surface area contributed by atoms with Gasteiger partial charge in [0.05, 0.1) is 22.1 Å². The maximum atomic E-state index is 2.58. The standard InChI is InChI=1S/C38H25BN2/c1-22-11-3-5-13-25(22)35-23(2)39-31-16-8-10-18-33(31)41-36-26-14-6-4-12-24(26)19-20-28(36)30-21-29-27-15-7-9-17-32(27)40(35)37(29)34(39)38(30)41/h3-21H,1-2H3. The molecule has 0 aliphatic carbocycles. The molecule has 10 rings (SSSR count). The molecule has 3 heteroatoms. The summed E-state index contributed by atoms with van der Waals surface area (Å²) in [5, 5.41) is 7.93. The second-order valence-corrected chi connectivity index (χ2v) is 11.8. The monoisotopic (exact) mass is 520 g/mol. The van der Waals surface area contributed by atoms with Gasteiger partial charge in [-0.1, -0.05) is 103 Å². The Hall–Kier alpha value is -5.02. The maximum absolute atomic E-state index is 2.58. The minimum atomic E-state index is 0.187. The van der Waals surface area contributed by atoms with Gasteiger partial charge in [0.15, 0.2) is 0 Å². The van der Waals surface area contributed by atoms with E-state index in [-0.39, 0.29) is 6.71 Å². The van der Waals surface area contributed by atoms with Crippen LogP contribution in [0.2, 0.25) is 0 Å². The summed E-state index contributed by atoms with van der Waals surface area (Å²) in [6.07, 6.45) is 0. The van der Waals surface area contributed by atoms with Crippen LogP contribution in [-0.4, -0.2) is 15.8 Å². The molecule has 0 amide bonds. The number of para-hydroxylation sites is 2. The normalized spacial score (nSPS) is 14.0. The molecule has 0 bridgehead atoms. The first-order valence-corrected chi connectivity index (χ1v) is 14.5. The van der Waals surface area contributed by atoms with Crippen LogP contribution in [0.5, 0.6) is 0 Å². The molecule has 6 aromatic carbocycles. The molecule has 2 aliphatic heterocycles. The minimum Gasteiger partial charge on any atom is -0.310 e. The second kappa shape index (κ2) is 7.38. The molecule has 0 fully saturated rings. The molecule has 190 valence electrons. The third-order valence-electron chi connectivity index (χ3n) is 9.81. The zero-order chi connectivity index (χ0) is 27.0. The Balaban J connectivity index is 1.54. The quantitative estimate of drug-likeness (QED) is 0.194. The zero-order valence-electron chi connectivity index (χ0n) is 22.9. The first kappa shape index (κ1) is 21.8. The van der Waals surface area contributed by atoms with Crippen molar-refractivity contribution in [2.45, 2.75) is 13.8 Å². The highest BCUT2D eigenvalue weighted by atomic mass is 15.0. The predicted octanol–water partition coefficient (Wildman–Crippen LogP) is 8.11. The van der Waals surface area contributed by atoms with Crippen molar-refractivity contribution >= 4 is 77.7 Å². The van der Waals surface area contributed by atoms with Crippen molar-refractivity contribution in [1.29, 1.82) is 0 Å². The lowest BCUT2D eigenvalue weighted by atomic mass is 9.34. The maximum Gasteiger partial charge on any atom is 0.247 e. The number of hydrogen-bond donors (Lipinski definition) is 0. The summed E-state index contributed by atoms with van der Waals surface area (Å²) in [7, 11) is 0. The SMILES string of the molecule is CC1=C(c2ccccc2C)n2c3ccccc3c3cc4c5ccc6ccccc6c5n5c4c(c32)B1c1ccccc1-5. The summed E-state index contributed by atoms with van der Waals surface area (Å²) in [4.78, 5) is 0. The van der Waals surface area contributed by atoms with Gasteiger partial charge < -0.3 is 9.13 Å². The van der Waals surface area contributed by atoms with Crippen molar-refractivity contribution in [3.63, 3.8) is 0 Å². The number of benzene rings is 6. The largest absolute Gasteiger partial charge is 0.310 e. The van der Waals surface area contributed by atoms with E-state index in [9.17, 15) is 0 Å². The molecular formula is C38H25BN2. The Morgan fingerprint density at radius 3 is 2.15 bits per heavy atom. The van der Waals surface area contributed by atoms with Gasteiger partial charge in [0.25, 0.3) is 0 Å². The molecular weight excluding hydrogens is 495 g/mol. The van der Waals surface area contributed by atoms with Crippen LogP contribution in [0.15, 0.2) is 121 Å². The number of aryl methyl sites for hydroxylation is 1. The van der Waals surface area contributed by atoms with E-state index in [1.54, 1.807) is 0 Å². The van der Waals surface area contributed by atoms with Crippen molar-refractivity contribution < 1.29 is 0 Å². The van der Waals surface area contributed by atoms with Crippen molar-refractivity contribution in [3.05, 3.63) is 132 Å². The Bertz CT molecular complexity index is 2500. The van der Waals surface area contributed by atoms with Gasteiger partial charge in [-0.2, -0.15) is 0 Å². The molecule has 4 heterocycles. The molecule has 0 saturated heterocycles. The van der Waals surface area contributed by atoms with Gasteiger partial charge in [-0.25, -0.2) is 0 Å². The first-order valence-electron chi connectivity index (χ1n) is 14.5. The van der Waals surface area contributed by atoms with Gasteiger partial charge in [0.1, 0.15) is 0 Å². The summed E-state index contributed by atoms with van der Waals surface area (Å²) in [5.74, 6) is 0. The van der Waals surface area contributed by atoms with Crippen LogP contribution in [-0.2, 0) is 0 Å². The van der Waals surface area contributed by atoms with Crippen LogP contribution in [0.25, 0.3) is 65.8 Å². The number of allylic oxidation sites excluding steroid dienone is 1. The van der Waals surface area contributed by atoms with Gasteiger partial charge in [0.2, 0.25) is 6.71 Å². The van der Waals surface area contributed by atoms with Gasteiger partial charge >= 0.3 is 0 Å². The van der Waals surface area contributed by atoms with Crippen LogP contribution < -0.4 is 10.9 Å². The summed E-state index contributed by atoms with van der Waals surface area (Å²) in [5.41, 5.74) is 14.8. The van der Waals surface area contributed by atoms with Crippen molar-refractivity contribution in [1.82, 2.24) is 9.13 Å². The van der Waals surface area contributed by atoms with E-state index in [0.29, 0.717) is 0 Å². The predicted molar refractivity (Wildman–Crippen MR) is 175 cm³/mol. The Morgan fingerprint density at radius 1 is 0.537 bits per heavy atom. The first-order chi connectivity index (χ1) is 20.2. The highest BCUT2D eigenvalue weighted by Gasteiger charge is 2.41. The molecule has 41 heavy (non-hydrogen) atoms. The topological polar surface area (TPSA) is 9.86 Å². The molecule has 8 aromatic rings. The molecule has 0 N–H and O–H groups in total. The summed E-state index contributed by atoms with van der Waals surface area (Å²) >= 11 is 0. The molecule has 0 radical (unpaired) electrons. The highest BCUT2D eigenvalue weighted by molar-refractivity contribution is 6.96. The number of aromatic nitrogens is 2. The summed E-state index contributed by atoms with van der Waals surface area (Å²) < 4.78 is 5.17. The number of rotatable bonds is 1. The van der Waals surface area contributed by atoms with E-state index in [4.69, 9.17) is 0 Å². The van der Waals surface area contributed by atoms with Crippen molar-refractivity contribution in [2.24, 2.45) is 0 Å². The molecule has 0 spiro atoms. The van der Waals surface area contributed by atoms with Gasteiger partial charge in [-0.05, 0) is 53.9 Å². The number of hydrogen-bond acceptors (Lipinski definition) is 0. The fourth-order valence-electron chi connectivity index (χ4n) is 8.19. The summed E-state index contributed by atoms with van der Waals surface area (Å²) in [6.45, 7) is 4.81. The van der Waals surface area contributed by atoms with E-state index in [2.05, 4.69) is 138 Å². The zero-order valence-corrected chi connectivity index (χ0v) is 22.9. The summed E-state index contributed by atoms with van der Waals surface area (Å²) in [6, 6.07) is 42.9. The van der Waals surface area contributed by atoms with Crippen molar-refractivity contribution in [2.75, 3.05) is 0 Å². The molecule has 0 atom stereocenters. The fourth-order valence-corrected chi connectivity index (χ4v) is 8.19. The van der Waals surface area contributed by atoms with E-state index in [1.807, 2.05) is 0 Å². The van der Waals surface area contributed by atoms with Gasteiger partial charge in [0, 0.05) is 43.9 Å². The average molecular weight is 520 g/mol. The molecule has 2 aliphatic rings. The molecule has 2 aromatic heterocycles. The molecule has 2 nitrogen and oxygen atoms in total. The number of nitrogens with zero attached hydrogens (tertiary/aromatic N) is 2. The fraction of sp³-hybridized carbons (Fsp3) is 0.0526. The van der Waals surface area contributed by atoms with Gasteiger partial charge in [-0.3, -0.25) is 0 Å². The lowest BCUT2D eigenvalue weighted by molar-refractivity contribution is 1.16. The third-order valence-corrected chi connectivity index (χ3v) is 9.81. The smallest absolute Gasteiger partial charge is 0.247 e. The number of fused-ring (bicyclic) bond motifs is 11. The highest BCUT2D eigenvalue weighted by Crippen LogP contribution is 2.45. The molecule has 0 saturated carbocycles. The van der Waals surface area contributed by atoms with Crippen LogP contribution in [0, 0.1) is 6.92 Å². The second-order valence-electron chi connectivity index (χ2n) is 11.8. The van der Waals surface area contributed by atoms with Crippen LogP contribution in [0.3, 0.4) is 0 Å². The van der Waals surface area contributed by atoms with E-state index < -0.39 is 0 Å². The average Bonchev–Trinajstić information content (AvgIpc) is 3.53. The Kier molecular flexibility index (Phi) is 3.92.